The van der Waals surface area contributed by atoms with Crippen LogP contribution in [-0.4, -0.2) is 67.6 Å². The summed E-state index contributed by atoms with van der Waals surface area (Å²) in [5.41, 5.74) is 1.38. The second-order valence-corrected chi connectivity index (χ2v) is 7.94. The van der Waals surface area contributed by atoms with E-state index in [9.17, 15) is 9.59 Å². The molecule has 1 amide bonds. The van der Waals surface area contributed by atoms with Gasteiger partial charge in [0, 0.05) is 25.7 Å². The van der Waals surface area contributed by atoms with Crippen LogP contribution in [0.2, 0.25) is 0 Å². The summed E-state index contributed by atoms with van der Waals surface area (Å²) < 4.78 is 4.62. The van der Waals surface area contributed by atoms with Crippen LogP contribution in [0.3, 0.4) is 0 Å². The van der Waals surface area contributed by atoms with E-state index in [2.05, 4.69) is 50.2 Å². The molecule has 1 aromatic rings. The van der Waals surface area contributed by atoms with Gasteiger partial charge in [-0.3, -0.25) is 19.4 Å². The van der Waals surface area contributed by atoms with Crippen molar-refractivity contribution >= 4 is 11.9 Å². The van der Waals surface area contributed by atoms with Gasteiger partial charge in [0.05, 0.1) is 19.4 Å². The number of amides is 1. The molecule has 0 saturated carbocycles. The van der Waals surface area contributed by atoms with Crippen molar-refractivity contribution in [1.82, 2.24) is 15.1 Å². The number of hydrogen-bond donors (Lipinski definition) is 1. The van der Waals surface area contributed by atoms with Crippen LogP contribution in [0.15, 0.2) is 30.3 Å². The molecule has 28 heavy (non-hydrogen) atoms. The zero-order valence-electron chi connectivity index (χ0n) is 16.9. The second-order valence-electron chi connectivity index (χ2n) is 7.94. The van der Waals surface area contributed by atoms with E-state index in [-0.39, 0.29) is 24.2 Å². The summed E-state index contributed by atoms with van der Waals surface area (Å²) in [5.74, 6) is -0.170. The molecule has 2 aliphatic heterocycles. The van der Waals surface area contributed by atoms with Crippen molar-refractivity contribution in [1.29, 1.82) is 0 Å². The van der Waals surface area contributed by atoms with Crippen LogP contribution in [-0.2, 0) is 20.9 Å². The standard InChI is InChI=1S/C22H33N3O3/c1-28-21(26)9-12-23-22(27)19-8-5-13-25(17-19)20-10-14-24(15-11-20)16-18-6-3-2-4-7-18/h2-4,6-7,19-20H,5,8-17H2,1H3,(H,23,27). The fraction of sp³-hybridized carbons (Fsp3) is 0.636. The lowest BCUT2D eigenvalue weighted by Crippen LogP contribution is -2.50. The highest BCUT2D eigenvalue weighted by atomic mass is 16.5. The normalized spacial score (nSPS) is 22.0. The SMILES string of the molecule is COC(=O)CCNC(=O)C1CCCN(C2CCN(Cc3ccccc3)CC2)C1. The Morgan fingerprint density at radius 3 is 2.57 bits per heavy atom. The van der Waals surface area contributed by atoms with Crippen molar-refractivity contribution in [3.8, 4) is 0 Å². The highest BCUT2D eigenvalue weighted by molar-refractivity contribution is 5.79. The van der Waals surface area contributed by atoms with E-state index in [4.69, 9.17) is 0 Å². The van der Waals surface area contributed by atoms with E-state index in [1.807, 2.05) is 0 Å². The van der Waals surface area contributed by atoms with Crippen LogP contribution in [0.5, 0.6) is 0 Å². The summed E-state index contributed by atoms with van der Waals surface area (Å²) >= 11 is 0. The maximum Gasteiger partial charge on any atom is 0.307 e. The quantitative estimate of drug-likeness (QED) is 0.726. The predicted octanol–water partition coefficient (Wildman–Crippen LogP) is 2.04. The molecule has 2 fully saturated rings. The molecule has 0 aromatic heterocycles. The van der Waals surface area contributed by atoms with Gasteiger partial charge in [0.25, 0.3) is 0 Å². The van der Waals surface area contributed by atoms with E-state index >= 15 is 0 Å². The molecule has 2 saturated heterocycles. The molecule has 3 rings (SSSR count). The van der Waals surface area contributed by atoms with E-state index < -0.39 is 0 Å². The minimum Gasteiger partial charge on any atom is -0.469 e. The average Bonchev–Trinajstić information content (AvgIpc) is 2.75. The number of ether oxygens (including phenoxy) is 1. The summed E-state index contributed by atoms with van der Waals surface area (Å²) in [6.45, 7) is 5.56. The molecule has 1 atom stereocenters. The largest absolute Gasteiger partial charge is 0.469 e. The molecule has 2 heterocycles. The minimum absolute atomic E-state index is 0.0359. The van der Waals surface area contributed by atoms with Crippen LogP contribution in [0, 0.1) is 5.92 Å². The van der Waals surface area contributed by atoms with Crippen LogP contribution < -0.4 is 5.32 Å². The number of benzene rings is 1. The first-order valence-electron chi connectivity index (χ1n) is 10.5. The minimum atomic E-state index is -0.284. The van der Waals surface area contributed by atoms with E-state index in [0.717, 1.165) is 45.6 Å². The average molecular weight is 388 g/mol. The Morgan fingerprint density at radius 1 is 1.11 bits per heavy atom. The van der Waals surface area contributed by atoms with E-state index in [0.29, 0.717) is 12.6 Å². The van der Waals surface area contributed by atoms with E-state index in [1.54, 1.807) is 0 Å². The maximum atomic E-state index is 12.5. The predicted molar refractivity (Wildman–Crippen MR) is 109 cm³/mol. The molecule has 2 aliphatic rings. The molecule has 0 aliphatic carbocycles. The van der Waals surface area contributed by atoms with Gasteiger partial charge in [-0.15, -0.1) is 0 Å². The molecule has 154 valence electrons. The third-order valence-electron chi connectivity index (χ3n) is 6.00. The van der Waals surface area contributed by atoms with Crippen molar-refractivity contribution in [2.45, 2.75) is 44.7 Å². The first-order chi connectivity index (χ1) is 13.7. The Balaban J connectivity index is 1.41. The summed E-state index contributed by atoms with van der Waals surface area (Å²) in [4.78, 5) is 28.7. The zero-order valence-corrected chi connectivity index (χ0v) is 16.9. The van der Waals surface area contributed by atoms with E-state index in [1.165, 1.54) is 25.5 Å². The number of hydrogen-bond acceptors (Lipinski definition) is 5. The molecule has 6 heteroatoms. The molecule has 0 radical (unpaired) electrons. The zero-order chi connectivity index (χ0) is 19.8. The monoisotopic (exact) mass is 387 g/mol. The first kappa shape index (κ1) is 20.8. The maximum absolute atomic E-state index is 12.5. The molecule has 0 bridgehead atoms. The fourth-order valence-corrected chi connectivity index (χ4v) is 4.37. The number of carbonyl (C=O) groups is 2. The highest BCUT2D eigenvalue weighted by Crippen LogP contribution is 2.24. The lowest BCUT2D eigenvalue weighted by molar-refractivity contribution is -0.140. The van der Waals surface area contributed by atoms with Crippen molar-refractivity contribution < 1.29 is 14.3 Å². The number of rotatable bonds is 7. The van der Waals surface area contributed by atoms with Gasteiger partial charge in [-0.2, -0.15) is 0 Å². The number of piperidine rings is 2. The summed E-state index contributed by atoms with van der Waals surface area (Å²) in [6.07, 6.45) is 4.58. The highest BCUT2D eigenvalue weighted by Gasteiger charge is 2.31. The third kappa shape index (κ3) is 6.04. The molecule has 0 spiro atoms. The summed E-state index contributed by atoms with van der Waals surface area (Å²) in [7, 11) is 1.37. The number of carbonyl (C=O) groups excluding carboxylic acids is 2. The van der Waals surface area contributed by atoms with Crippen molar-refractivity contribution in [2.24, 2.45) is 5.92 Å². The van der Waals surface area contributed by atoms with Crippen molar-refractivity contribution in [3.05, 3.63) is 35.9 Å². The van der Waals surface area contributed by atoms with Gasteiger partial charge in [-0.1, -0.05) is 30.3 Å². The smallest absolute Gasteiger partial charge is 0.307 e. The van der Waals surface area contributed by atoms with Gasteiger partial charge in [-0.05, 0) is 50.9 Å². The summed E-state index contributed by atoms with van der Waals surface area (Å²) in [5, 5.41) is 2.90. The Bertz CT molecular complexity index is 629. The Kier molecular flexibility index (Phi) is 7.86. The Labute approximate surface area is 168 Å². The Hall–Kier alpha value is -1.92. The topological polar surface area (TPSA) is 61.9 Å². The third-order valence-corrected chi connectivity index (χ3v) is 6.00. The molecular formula is C22H33N3O3. The number of nitrogens with zero attached hydrogens (tertiary/aromatic N) is 2. The van der Waals surface area contributed by atoms with Gasteiger partial charge < -0.3 is 10.1 Å². The number of methoxy groups -OCH3 is 1. The fourth-order valence-electron chi connectivity index (χ4n) is 4.37. The van der Waals surface area contributed by atoms with Crippen LogP contribution in [0.25, 0.3) is 0 Å². The van der Waals surface area contributed by atoms with Crippen molar-refractivity contribution in [3.63, 3.8) is 0 Å². The van der Waals surface area contributed by atoms with Crippen LogP contribution in [0.4, 0.5) is 0 Å². The number of likely N-dealkylation sites (tertiary alicyclic amines) is 2. The number of nitrogens with one attached hydrogen (secondary N) is 1. The van der Waals surface area contributed by atoms with Gasteiger partial charge in [0.2, 0.25) is 5.91 Å². The number of esters is 1. The second kappa shape index (κ2) is 10.6. The molecular weight excluding hydrogens is 354 g/mol. The molecule has 1 aromatic carbocycles. The van der Waals surface area contributed by atoms with Gasteiger partial charge in [0.15, 0.2) is 0 Å². The lowest BCUT2D eigenvalue weighted by atomic mass is 9.93. The lowest BCUT2D eigenvalue weighted by Gasteiger charge is -2.42. The van der Waals surface area contributed by atoms with Gasteiger partial charge >= 0.3 is 5.97 Å². The van der Waals surface area contributed by atoms with Gasteiger partial charge in [-0.25, -0.2) is 0 Å². The van der Waals surface area contributed by atoms with Crippen LogP contribution in [0.1, 0.15) is 37.7 Å². The van der Waals surface area contributed by atoms with Crippen molar-refractivity contribution in [2.75, 3.05) is 39.8 Å². The molecule has 6 nitrogen and oxygen atoms in total. The first-order valence-corrected chi connectivity index (χ1v) is 10.5. The molecule has 1 unspecified atom stereocenters. The Morgan fingerprint density at radius 2 is 1.86 bits per heavy atom. The van der Waals surface area contributed by atoms with Gasteiger partial charge in [0.1, 0.15) is 0 Å². The van der Waals surface area contributed by atoms with Crippen LogP contribution >= 0.6 is 0 Å². The summed E-state index contributed by atoms with van der Waals surface area (Å²) in [6, 6.07) is 11.2. The molecule has 1 N–H and O–H groups in total.